The van der Waals surface area contributed by atoms with Crippen molar-refractivity contribution in [2.24, 2.45) is 0 Å². The van der Waals surface area contributed by atoms with Gasteiger partial charge < -0.3 is 13.9 Å². The SMILES string of the molecule is CS(=O)(=O)O.Cc1ccc(-c2cccc(Oc3ccc(C4(c5ccc(Oc6cccc(C)c6C#N)cc5)c5ccccc5-c5ccccc54)cc3)c2C#N)cc1-c1nc2ccccc2o1. The van der Waals surface area contributed by atoms with Crippen molar-refractivity contribution < 1.29 is 26.9 Å². The van der Waals surface area contributed by atoms with Crippen molar-refractivity contribution in [3.63, 3.8) is 0 Å². The molecule has 0 atom stereocenters. The normalized spacial score (nSPS) is 12.2. The highest BCUT2D eigenvalue weighted by Crippen LogP contribution is 2.56. The molecule has 1 aliphatic rings. The zero-order valence-corrected chi connectivity index (χ0v) is 36.3. The predicted octanol–water partition coefficient (Wildman–Crippen LogP) is 13.0. The fraction of sp³-hybridized carbons (Fsp3) is 0.0727. The first-order valence-corrected chi connectivity index (χ1v) is 22.5. The van der Waals surface area contributed by atoms with Crippen molar-refractivity contribution in [2.75, 3.05) is 6.26 Å². The van der Waals surface area contributed by atoms with Gasteiger partial charge in [-0.3, -0.25) is 4.55 Å². The largest absolute Gasteiger partial charge is 0.456 e. The van der Waals surface area contributed by atoms with E-state index in [1.54, 1.807) is 0 Å². The fourth-order valence-electron chi connectivity index (χ4n) is 8.67. The van der Waals surface area contributed by atoms with Gasteiger partial charge in [-0.25, -0.2) is 4.98 Å². The summed E-state index contributed by atoms with van der Waals surface area (Å²) in [5.41, 5.74) is 13.0. The van der Waals surface area contributed by atoms with Gasteiger partial charge in [-0.2, -0.15) is 18.9 Å². The van der Waals surface area contributed by atoms with Gasteiger partial charge in [0.2, 0.25) is 5.89 Å². The quantitative estimate of drug-likeness (QED) is 0.147. The molecule has 0 amide bonds. The first-order chi connectivity index (χ1) is 31.5. The van der Waals surface area contributed by atoms with E-state index in [4.69, 9.17) is 23.4 Å². The van der Waals surface area contributed by atoms with Crippen LogP contribution in [0.4, 0.5) is 0 Å². The fourth-order valence-corrected chi connectivity index (χ4v) is 8.67. The Balaban J connectivity index is 0.00000101. The Bertz CT molecular complexity index is 3390. The molecule has 1 heterocycles. The van der Waals surface area contributed by atoms with Gasteiger partial charge in [-0.1, -0.05) is 121 Å². The number of ether oxygens (including phenoxy) is 2. The van der Waals surface area contributed by atoms with E-state index < -0.39 is 15.5 Å². The van der Waals surface area contributed by atoms with Gasteiger partial charge in [0.25, 0.3) is 10.1 Å². The van der Waals surface area contributed by atoms with Gasteiger partial charge in [0.1, 0.15) is 46.2 Å². The Hall–Kier alpha value is -8.28. The van der Waals surface area contributed by atoms with Crippen LogP contribution in [0, 0.1) is 36.5 Å². The molecule has 10 rings (SSSR count). The second-order valence-electron chi connectivity index (χ2n) is 15.7. The van der Waals surface area contributed by atoms with Crippen molar-refractivity contribution in [3.05, 3.63) is 220 Å². The number of fused-ring (bicyclic) bond motifs is 4. The van der Waals surface area contributed by atoms with Crippen LogP contribution < -0.4 is 9.47 Å². The second-order valence-corrected chi connectivity index (χ2v) is 17.2. The third kappa shape index (κ3) is 8.01. The molecule has 0 fully saturated rings. The van der Waals surface area contributed by atoms with Gasteiger partial charge in [-0.05, 0) is 119 Å². The number of oxazole rings is 1. The molecule has 65 heavy (non-hydrogen) atoms. The van der Waals surface area contributed by atoms with Gasteiger partial charge in [-0.15, -0.1) is 0 Å². The highest BCUT2D eigenvalue weighted by Gasteiger charge is 2.46. The number of aromatic nitrogens is 1. The second kappa shape index (κ2) is 17.1. The minimum atomic E-state index is -3.67. The standard InChI is InChI=1S/C54H35N3O3.CH4O3S/c1-34-11-9-19-50(45(34)32-55)58-39-27-23-37(24-28-39)54(47-15-5-3-12-42(47)43-13-4-6-16-48(43)54)38-25-29-40(30-26-38)59-51-20-10-14-41(46(51)33-56)36-22-21-35(2)44(31-36)53-57-49-17-7-8-18-52(49)60-53;1-5(2,3)4/h3-31H,1-2H3;1H3,(H,2,3,4). The van der Waals surface area contributed by atoms with E-state index in [9.17, 15) is 18.9 Å². The average Bonchev–Trinajstić information content (AvgIpc) is 3.87. The summed E-state index contributed by atoms with van der Waals surface area (Å²) in [7, 11) is -3.67. The van der Waals surface area contributed by atoms with Crippen molar-refractivity contribution in [3.8, 4) is 68.8 Å². The molecule has 0 bridgehead atoms. The lowest BCUT2D eigenvalue weighted by atomic mass is 9.68. The van der Waals surface area contributed by atoms with Crippen LogP contribution in [0.3, 0.4) is 0 Å². The van der Waals surface area contributed by atoms with Crippen LogP contribution >= 0.6 is 0 Å². The summed E-state index contributed by atoms with van der Waals surface area (Å²) < 4.78 is 44.8. The first kappa shape index (κ1) is 42.0. The number of rotatable bonds is 8. The van der Waals surface area contributed by atoms with Gasteiger partial charge in [0.15, 0.2) is 5.58 Å². The molecule has 8 aromatic carbocycles. The summed E-state index contributed by atoms with van der Waals surface area (Å²) >= 11 is 0. The Morgan fingerprint density at radius 1 is 0.569 bits per heavy atom. The highest BCUT2D eigenvalue weighted by molar-refractivity contribution is 7.85. The smallest absolute Gasteiger partial charge is 0.261 e. The van der Waals surface area contributed by atoms with Crippen molar-refractivity contribution in [1.29, 1.82) is 10.5 Å². The van der Waals surface area contributed by atoms with E-state index >= 15 is 0 Å². The topological polar surface area (TPSA) is 146 Å². The van der Waals surface area contributed by atoms with E-state index in [0.29, 0.717) is 46.3 Å². The number of hydrogen-bond acceptors (Lipinski definition) is 8. The minimum Gasteiger partial charge on any atom is -0.456 e. The van der Waals surface area contributed by atoms with E-state index in [1.807, 2.05) is 117 Å². The Kier molecular flexibility index (Phi) is 11.1. The molecule has 1 N–H and O–H groups in total. The molecule has 0 radical (unpaired) electrons. The average molecular weight is 870 g/mol. The van der Waals surface area contributed by atoms with Gasteiger partial charge >= 0.3 is 0 Å². The lowest BCUT2D eigenvalue weighted by molar-refractivity contribution is 0.480. The summed E-state index contributed by atoms with van der Waals surface area (Å²) in [6.07, 6.45) is 0.715. The number of benzene rings is 8. The number of hydrogen-bond donors (Lipinski definition) is 1. The molecular weight excluding hydrogens is 831 g/mol. The highest BCUT2D eigenvalue weighted by atomic mass is 32.2. The van der Waals surface area contributed by atoms with Crippen LogP contribution in [0.15, 0.2) is 180 Å². The molecule has 1 aliphatic carbocycles. The van der Waals surface area contributed by atoms with Crippen LogP contribution in [0.5, 0.6) is 23.0 Å². The zero-order valence-electron chi connectivity index (χ0n) is 35.5. The summed E-state index contributed by atoms with van der Waals surface area (Å²) in [6, 6.07) is 63.3. The first-order valence-electron chi connectivity index (χ1n) is 20.6. The van der Waals surface area contributed by atoms with Crippen molar-refractivity contribution >= 4 is 21.2 Å². The van der Waals surface area contributed by atoms with Crippen LogP contribution in [-0.2, 0) is 15.5 Å². The molecule has 316 valence electrons. The molecule has 0 aliphatic heterocycles. The van der Waals surface area contributed by atoms with Crippen LogP contribution in [0.2, 0.25) is 0 Å². The number of nitriles is 2. The number of aryl methyl sites for hydroxylation is 2. The van der Waals surface area contributed by atoms with Crippen LogP contribution in [0.25, 0.3) is 44.8 Å². The Morgan fingerprint density at radius 2 is 1.08 bits per heavy atom. The number of para-hydroxylation sites is 2. The van der Waals surface area contributed by atoms with E-state index in [0.717, 1.165) is 50.0 Å². The maximum atomic E-state index is 10.6. The van der Waals surface area contributed by atoms with E-state index in [-0.39, 0.29) is 0 Å². The Labute approximate surface area is 376 Å². The third-order valence-corrected chi connectivity index (χ3v) is 11.5. The van der Waals surface area contributed by atoms with Crippen LogP contribution in [-0.4, -0.2) is 24.2 Å². The lowest BCUT2D eigenvalue weighted by Gasteiger charge is -2.34. The molecule has 10 heteroatoms. The molecule has 9 nitrogen and oxygen atoms in total. The predicted molar refractivity (Wildman–Crippen MR) is 252 cm³/mol. The summed E-state index contributed by atoms with van der Waals surface area (Å²) in [6.45, 7) is 3.93. The lowest BCUT2D eigenvalue weighted by Crippen LogP contribution is -2.28. The molecular formula is C55H39N3O6S. The third-order valence-electron chi connectivity index (χ3n) is 11.5. The van der Waals surface area contributed by atoms with Crippen molar-refractivity contribution in [1.82, 2.24) is 4.98 Å². The summed E-state index contributed by atoms with van der Waals surface area (Å²) in [4.78, 5) is 4.74. The molecule has 9 aromatic rings. The summed E-state index contributed by atoms with van der Waals surface area (Å²) in [5.74, 6) is 2.77. The minimum absolute atomic E-state index is 0.430. The maximum Gasteiger partial charge on any atom is 0.261 e. The van der Waals surface area contributed by atoms with Crippen molar-refractivity contribution in [2.45, 2.75) is 19.3 Å². The maximum absolute atomic E-state index is 10.6. The molecule has 0 unspecified atom stereocenters. The number of nitrogens with zero attached hydrogens (tertiary/aromatic N) is 3. The molecule has 0 saturated heterocycles. The molecule has 0 spiro atoms. The summed E-state index contributed by atoms with van der Waals surface area (Å²) in [5, 5.41) is 20.4. The van der Waals surface area contributed by atoms with Gasteiger partial charge in [0, 0.05) is 11.1 Å². The van der Waals surface area contributed by atoms with Crippen LogP contribution in [0.1, 0.15) is 44.5 Å². The zero-order chi connectivity index (χ0) is 45.3. The van der Waals surface area contributed by atoms with E-state index in [1.165, 1.54) is 22.3 Å². The van der Waals surface area contributed by atoms with Gasteiger partial charge in [0.05, 0.1) is 17.2 Å². The van der Waals surface area contributed by atoms with E-state index in [2.05, 4.69) is 84.9 Å². The Morgan fingerprint density at radius 3 is 1.65 bits per heavy atom. The molecule has 1 aromatic heterocycles. The molecule has 0 saturated carbocycles. The monoisotopic (exact) mass is 869 g/mol.